The Morgan fingerprint density at radius 1 is 1.32 bits per heavy atom. The first-order valence-electron chi connectivity index (χ1n) is 8.57. The summed E-state index contributed by atoms with van der Waals surface area (Å²) in [6.45, 7) is 2.62. The molecule has 0 bridgehead atoms. The van der Waals surface area contributed by atoms with Crippen molar-refractivity contribution in [3.8, 4) is 28.9 Å². The molecular formula is C20H19N5O3. The highest BCUT2D eigenvalue weighted by Gasteiger charge is 2.16. The van der Waals surface area contributed by atoms with Crippen molar-refractivity contribution in [3.63, 3.8) is 0 Å². The van der Waals surface area contributed by atoms with Crippen LogP contribution in [0.4, 0.5) is 0 Å². The molecule has 0 radical (unpaired) electrons. The molecule has 3 rings (SSSR count). The van der Waals surface area contributed by atoms with E-state index in [4.69, 9.17) is 10.00 Å². The molecule has 3 aromatic rings. The van der Waals surface area contributed by atoms with E-state index < -0.39 is 0 Å². The quantitative estimate of drug-likeness (QED) is 0.637. The lowest BCUT2D eigenvalue weighted by molar-refractivity contribution is 0.0936. The van der Waals surface area contributed by atoms with Gasteiger partial charge in [-0.2, -0.15) is 15.0 Å². The van der Waals surface area contributed by atoms with Crippen molar-refractivity contribution < 1.29 is 14.6 Å². The molecule has 8 nitrogen and oxygen atoms in total. The zero-order valence-corrected chi connectivity index (χ0v) is 15.5. The number of nitriles is 1. The van der Waals surface area contributed by atoms with Gasteiger partial charge < -0.3 is 15.2 Å². The van der Waals surface area contributed by atoms with Crippen LogP contribution >= 0.6 is 0 Å². The van der Waals surface area contributed by atoms with Gasteiger partial charge in [-0.3, -0.25) is 4.79 Å². The molecule has 0 atom stereocenters. The van der Waals surface area contributed by atoms with E-state index in [9.17, 15) is 9.90 Å². The van der Waals surface area contributed by atoms with E-state index in [2.05, 4.69) is 21.5 Å². The Kier molecular flexibility index (Phi) is 5.67. The summed E-state index contributed by atoms with van der Waals surface area (Å²) >= 11 is 0. The van der Waals surface area contributed by atoms with E-state index in [0.717, 1.165) is 5.56 Å². The smallest absolute Gasteiger partial charge is 0.253 e. The minimum Gasteiger partial charge on any atom is -0.493 e. The van der Waals surface area contributed by atoms with Gasteiger partial charge in [-0.15, -0.1) is 0 Å². The molecule has 0 aliphatic rings. The number of aryl methyl sites for hydroxylation is 1. The van der Waals surface area contributed by atoms with Crippen LogP contribution in [0.25, 0.3) is 16.9 Å². The normalized spacial score (nSPS) is 10.5. The van der Waals surface area contributed by atoms with Crippen molar-refractivity contribution in [1.29, 1.82) is 5.26 Å². The molecule has 0 aliphatic heterocycles. The van der Waals surface area contributed by atoms with Crippen LogP contribution < -0.4 is 5.32 Å². The van der Waals surface area contributed by atoms with E-state index in [1.807, 2.05) is 0 Å². The second kappa shape index (κ2) is 8.33. The Bertz CT molecular complexity index is 1030. The van der Waals surface area contributed by atoms with Gasteiger partial charge in [0.05, 0.1) is 35.6 Å². The molecule has 28 heavy (non-hydrogen) atoms. The lowest BCUT2D eigenvalue weighted by atomic mass is 10.1. The first kappa shape index (κ1) is 19.1. The summed E-state index contributed by atoms with van der Waals surface area (Å²) in [6.07, 6.45) is 2.98. The monoisotopic (exact) mass is 377 g/mol. The maximum atomic E-state index is 12.2. The molecule has 142 valence electrons. The molecule has 0 spiro atoms. The number of ether oxygens (including phenoxy) is 1. The predicted octanol–water partition coefficient (Wildman–Crippen LogP) is 2.20. The van der Waals surface area contributed by atoms with Gasteiger partial charge in [-0.25, -0.2) is 4.98 Å². The average molecular weight is 377 g/mol. The second-order valence-corrected chi connectivity index (χ2v) is 6.09. The van der Waals surface area contributed by atoms with Crippen LogP contribution in [0.2, 0.25) is 0 Å². The maximum absolute atomic E-state index is 12.2. The lowest BCUT2D eigenvalue weighted by Crippen LogP contribution is -2.27. The number of nitrogens with zero attached hydrogens (tertiary/aromatic N) is 4. The number of aromatic nitrogens is 3. The Labute approximate surface area is 162 Å². The van der Waals surface area contributed by atoms with Gasteiger partial charge in [0.15, 0.2) is 5.82 Å². The highest BCUT2D eigenvalue weighted by molar-refractivity contribution is 5.95. The minimum atomic E-state index is -0.239. The number of methoxy groups -OCH3 is 1. The van der Waals surface area contributed by atoms with Crippen LogP contribution in [-0.2, 0) is 4.74 Å². The number of pyridine rings is 1. The SMILES string of the molecule is COCCNC(=O)c1cnc(-n2ncc(-c3ccc(C#N)cc3)c2O)cc1C. The van der Waals surface area contributed by atoms with Gasteiger partial charge in [0.25, 0.3) is 5.91 Å². The summed E-state index contributed by atoms with van der Waals surface area (Å²) in [5.41, 5.74) is 2.93. The van der Waals surface area contributed by atoms with E-state index in [0.29, 0.717) is 41.2 Å². The van der Waals surface area contributed by atoms with Gasteiger partial charge in [0.2, 0.25) is 5.88 Å². The third kappa shape index (κ3) is 3.84. The molecule has 1 amide bonds. The van der Waals surface area contributed by atoms with Crippen molar-refractivity contribution in [3.05, 3.63) is 59.4 Å². The van der Waals surface area contributed by atoms with Crippen LogP contribution in [0.5, 0.6) is 5.88 Å². The number of carbonyl (C=O) groups is 1. The molecule has 0 saturated heterocycles. The highest BCUT2D eigenvalue weighted by Crippen LogP contribution is 2.30. The fourth-order valence-corrected chi connectivity index (χ4v) is 2.69. The maximum Gasteiger partial charge on any atom is 0.253 e. The number of nitrogens with one attached hydrogen (secondary N) is 1. The van der Waals surface area contributed by atoms with Crippen molar-refractivity contribution >= 4 is 5.91 Å². The third-order valence-corrected chi connectivity index (χ3v) is 4.22. The third-order valence-electron chi connectivity index (χ3n) is 4.22. The average Bonchev–Trinajstić information content (AvgIpc) is 3.09. The van der Waals surface area contributed by atoms with Gasteiger partial charge in [-0.05, 0) is 36.2 Å². The second-order valence-electron chi connectivity index (χ2n) is 6.09. The largest absolute Gasteiger partial charge is 0.493 e. The van der Waals surface area contributed by atoms with Crippen LogP contribution in [0.15, 0.2) is 42.7 Å². The van der Waals surface area contributed by atoms with Gasteiger partial charge in [0, 0.05) is 19.9 Å². The highest BCUT2D eigenvalue weighted by atomic mass is 16.5. The zero-order valence-electron chi connectivity index (χ0n) is 15.5. The molecule has 1 aromatic carbocycles. The standard InChI is InChI=1S/C20H19N5O3/c1-13-9-18(23-11-16(13)19(26)22-7-8-28-2)25-20(27)17(12-24-25)15-5-3-14(10-21)4-6-15/h3-6,9,11-12,27H,7-8H2,1-2H3,(H,22,26). The molecule has 0 unspecified atom stereocenters. The number of aromatic hydroxyl groups is 1. The molecule has 0 aliphatic carbocycles. The van der Waals surface area contributed by atoms with Crippen molar-refractivity contribution in [2.24, 2.45) is 0 Å². The summed E-state index contributed by atoms with van der Waals surface area (Å²) in [6, 6.07) is 10.6. The Hall–Kier alpha value is -3.70. The Morgan fingerprint density at radius 2 is 2.07 bits per heavy atom. The van der Waals surface area contributed by atoms with E-state index in [-0.39, 0.29) is 11.8 Å². The van der Waals surface area contributed by atoms with Gasteiger partial charge >= 0.3 is 0 Å². The topological polar surface area (TPSA) is 113 Å². The molecule has 2 aromatic heterocycles. The van der Waals surface area contributed by atoms with E-state index in [1.165, 1.54) is 17.1 Å². The number of benzene rings is 1. The van der Waals surface area contributed by atoms with E-state index in [1.54, 1.807) is 44.4 Å². The number of amides is 1. The minimum absolute atomic E-state index is 0.0751. The Balaban J connectivity index is 1.86. The van der Waals surface area contributed by atoms with Crippen LogP contribution in [-0.4, -0.2) is 46.0 Å². The fourth-order valence-electron chi connectivity index (χ4n) is 2.69. The molecule has 0 fully saturated rings. The fraction of sp³-hybridized carbons (Fsp3) is 0.200. The molecule has 2 N–H and O–H groups in total. The summed E-state index contributed by atoms with van der Waals surface area (Å²) in [5.74, 6) is 0.0776. The Morgan fingerprint density at radius 3 is 2.71 bits per heavy atom. The first-order valence-corrected chi connectivity index (χ1v) is 8.57. The van der Waals surface area contributed by atoms with Gasteiger partial charge in [-0.1, -0.05) is 12.1 Å². The van der Waals surface area contributed by atoms with Crippen LogP contribution in [0.1, 0.15) is 21.5 Å². The summed E-state index contributed by atoms with van der Waals surface area (Å²) < 4.78 is 6.21. The lowest BCUT2D eigenvalue weighted by Gasteiger charge is -2.09. The van der Waals surface area contributed by atoms with Gasteiger partial charge in [0.1, 0.15) is 0 Å². The van der Waals surface area contributed by atoms with Crippen molar-refractivity contribution in [2.45, 2.75) is 6.92 Å². The molecule has 2 heterocycles. The number of hydrogen-bond acceptors (Lipinski definition) is 6. The summed E-state index contributed by atoms with van der Waals surface area (Å²) in [5, 5.41) is 26.4. The molecule has 8 heteroatoms. The predicted molar refractivity (Wildman–Crippen MR) is 102 cm³/mol. The van der Waals surface area contributed by atoms with E-state index >= 15 is 0 Å². The molecule has 0 saturated carbocycles. The number of hydrogen-bond donors (Lipinski definition) is 2. The van der Waals surface area contributed by atoms with Crippen molar-refractivity contribution in [1.82, 2.24) is 20.1 Å². The van der Waals surface area contributed by atoms with Crippen molar-refractivity contribution in [2.75, 3.05) is 20.3 Å². The number of carbonyl (C=O) groups excluding carboxylic acids is 1. The zero-order chi connectivity index (χ0) is 20.1. The number of rotatable bonds is 6. The summed E-state index contributed by atoms with van der Waals surface area (Å²) in [7, 11) is 1.57. The van der Waals surface area contributed by atoms with Crippen LogP contribution in [0, 0.1) is 18.3 Å². The molecular weight excluding hydrogens is 358 g/mol. The van der Waals surface area contributed by atoms with Crippen LogP contribution in [0.3, 0.4) is 0 Å². The first-order chi connectivity index (χ1) is 13.5. The summed E-state index contributed by atoms with van der Waals surface area (Å²) in [4.78, 5) is 16.5.